The quantitative estimate of drug-likeness (QED) is 0.124. The van der Waals surface area contributed by atoms with Crippen LogP contribution in [0.1, 0.15) is 0 Å². The van der Waals surface area contributed by atoms with Gasteiger partial charge >= 0.3 is 0 Å². The number of benzene rings is 26. The third-order valence-corrected chi connectivity index (χ3v) is 31.4. The second-order valence-electron chi connectivity index (χ2n) is 39.7. The molecule has 0 aliphatic heterocycles. The van der Waals surface area contributed by atoms with Crippen LogP contribution in [0, 0.1) is 0 Å². The van der Waals surface area contributed by atoms with Crippen molar-refractivity contribution in [1.82, 2.24) is 27.4 Å². The molecule has 6 heterocycles. The molecule has 26 aromatic carbocycles. The molecule has 0 radical (unpaired) electrons. The fourth-order valence-corrected chi connectivity index (χ4v) is 24.6. The summed E-state index contributed by atoms with van der Waals surface area (Å²) in [5, 5.41) is 29.9. The van der Waals surface area contributed by atoms with E-state index in [-0.39, 0.29) is 0 Å². The Morgan fingerprint density at radius 1 is 0.0933 bits per heavy atom. The first-order valence-corrected chi connectivity index (χ1v) is 51.7. The number of hydrogen-bond donors (Lipinski definition) is 0. The van der Waals surface area contributed by atoms with Crippen LogP contribution in [-0.4, -0.2) is 27.4 Å². The predicted octanol–water partition coefficient (Wildman–Crippen LogP) is 38.9. The topological polar surface area (TPSA) is 29.6 Å². The highest BCUT2D eigenvalue weighted by atomic mass is 15.0. The molecule has 0 saturated carbocycles. The van der Waals surface area contributed by atoms with E-state index < -0.39 is 0 Å². The minimum atomic E-state index is 1.16. The summed E-state index contributed by atoms with van der Waals surface area (Å²) in [6.45, 7) is 0. The third kappa shape index (κ3) is 14.0. The second kappa shape index (κ2) is 35.0. The standard InChI is InChI=1S/2C50H32N2.C44H28N2/c1-3-13-33(14-4-1)39-21-11-17-35-29-37(25-27-41(35)39)51-47-23-9-7-19-43(47)45-32-50-46(31-49(45)51)44-20-8-10-24-48(44)52(50)38-26-28-42-36(30-38)18-12-22-40(42)34-15-5-2-6-16-34;1-3-11-33(12-4-1)37-21-19-35-23-25-41(29-39(35)27-37)51-47-17-9-7-15-43(47)45-32-50-46(31-49(45)51)44-16-8-10-18-48(44)52(50)42-26-24-36-20-22-38(28-40(36)30-42)34-13-5-2-6-14-34;1-2-12-29(13-3-1)33-20-10-16-31-26-32(24-25-34(31)33)45-41-21-8-6-18-36(41)38-28-44-39(27-43(38)45)37-19-7-9-22-42(37)46(44)40-23-11-15-30-14-4-5-17-35(30)40/h2*1-32H;1-28H. The summed E-state index contributed by atoms with van der Waals surface area (Å²) in [7, 11) is 0. The number of aromatic nitrogens is 6. The van der Waals surface area contributed by atoms with Gasteiger partial charge in [-0.25, -0.2) is 0 Å². The van der Waals surface area contributed by atoms with Gasteiger partial charge in [0.1, 0.15) is 0 Å². The van der Waals surface area contributed by atoms with Crippen molar-refractivity contribution in [2.45, 2.75) is 0 Å². The molecular formula is C144H92N6. The molecule has 0 fully saturated rings. The van der Waals surface area contributed by atoms with E-state index in [1.807, 2.05) is 0 Å². The maximum absolute atomic E-state index is 2.46. The molecule has 6 nitrogen and oxygen atoms in total. The van der Waals surface area contributed by atoms with Gasteiger partial charge in [-0.2, -0.15) is 0 Å². The molecule has 0 bridgehead atoms. The lowest BCUT2D eigenvalue weighted by Crippen LogP contribution is -1.96. The van der Waals surface area contributed by atoms with Crippen molar-refractivity contribution in [3.05, 3.63) is 558 Å². The lowest BCUT2D eigenvalue weighted by atomic mass is 9.98. The fourth-order valence-electron chi connectivity index (χ4n) is 24.6. The Balaban J connectivity index is 0.000000104. The molecule has 150 heavy (non-hydrogen) atoms. The van der Waals surface area contributed by atoms with Crippen LogP contribution in [0.3, 0.4) is 0 Å². The summed E-state index contributed by atoms with van der Waals surface area (Å²) >= 11 is 0. The van der Waals surface area contributed by atoms with Gasteiger partial charge in [-0.05, 0) is 267 Å². The van der Waals surface area contributed by atoms with Gasteiger partial charge in [-0.3, -0.25) is 0 Å². The predicted molar refractivity (Wildman–Crippen MR) is 638 cm³/mol. The number of fused-ring (bicyclic) bond motifs is 24. The van der Waals surface area contributed by atoms with Crippen LogP contribution in [-0.2, 0) is 0 Å². The van der Waals surface area contributed by atoms with Gasteiger partial charge in [0.15, 0.2) is 0 Å². The molecule has 32 rings (SSSR count). The molecule has 0 aliphatic rings. The maximum Gasteiger partial charge on any atom is 0.0549 e. The highest BCUT2D eigenvalue weighted by molar-refractivity contribution is 6.24. The van der Waals surface area contributed by atoms with E-state index in [4.69, 9.17) is 0 Å². The van der Waals surface area contributed by atoms with Crippen LogP contribution in [0.5, 0.6) is 0 Å². The first-order chi connectivity index (χ1) is 74.4. The zero-order valence-electron chi connectivity index (χ0n) is 81.8. The number of nitrogens with zero attached hydrogens (tertiary/aromatic N) is 6. The zero-order chi connectivity index (χ0) is 98.5. The Labute approximate surface area is 864 Å². The Bertz CT molecular complexity index is 10500. The Kier molecular flexibility index (Phi) is 20.0. The summed E-state index contributed by atoms with van der Waals surface area (Å²) < 4.78 is 14.7. The van der Waals surface area contributed by atoms with Crippen LogP contribution < -0.4 is 0 Å². The maximum atomic E-state index is 2.46. The summed E-state index contributed by atoms with van der Waals surface area (Å²) in [6.07, 6.45) is 0. The Morgan fingerprint density at radius 3 is 0.633 bits per heavy atom. The second-order valence-corrected chi connectivity index (χ2v) is 39.7. The molecule has 0 saturated heterocycles. The summed E-state index contributed by atoms with van der Waals surface area (Å²) in [5.74, 6) is 0. The van der Waals surface area contributed by atoms with E-state index in [1.54, 1.807) is 0 Å². The van der Waals surface area contributed by atoms with E-state index in [9.17, 15) is 0 Å². The summed E-state index contributed by atoms with van der Waals surface area (Å²) in [4.78, 5) is 0. The molecule has 0 atom stereocenters. The van der Waals surface area contributed by atoms with Gasteiger partial charge in [0, 0.05) is 98.5 Å². The van der Waals surface area contributed by atoms with Crippen molar-refractivity contribution in [3.8, 4) is 89.8 Å². The molecule has 0 unspecified atom stereocenters. The van der Waals surface area contributed by atoms with Crippen molar-refractivity contribution in [1.29, 1.82) is 0 Å². The van der Waals surface area contributed by atoms with Crippen molar-refractivity contribution in [3.63, 3.8) is 0 Å². The van der Waals surface area contributed by atoms with E-state index in [0.29, 0.717) is 0 Å². The van der Waals surface area contributed by atoms with Crippen molar-refractivity contribution < 1.29 is 0 Å². The third-order valence-electron chi connectivity index (χ3n) is 31.4. The summed E-state index contributed by atoms with van der Waals surface area (Å²) in [6, 6.07) is 204. The molecule has 32 aromatic rings. The number of rotatable bonds is 11. The highest BCUT2D eigenvalue weighted by Gasteiger charge is 2.26. The Morgan fingerprint density at radius 2 is 0.320 bits per heavy atom. The average Bonchev–Trinajstić information content (AvgIpc) is 1.56. The van der Waals surface area contributed by atoms with E-state index in [0.717, 1.165) is 22.7 Å². The van der Waals surface area contributed by atoms with Crippen LogP contribution in [0.15, 0.2) is 558 Å². The SMILES string of the molecule is c1ccc(-c2ccc3ccc(-n4c5ccccc5c5cc6c(cc54)c4ccccc4n6-c4ccc5ccc(-c6ccccc6)cc5c4)cc3c2)cc1.c1ccc(-c2cccc3cc(-n4c5ccccc5c5cc6c(cc54)c4ccccc4n6-c4ccc5c(-c6ccccc6)cccc5c4)ccc23)cc1.c1ccc(-c2cccc3cc(-n4c5ccccc5c5cc6c(cc54)c4ccccc4n6-c4cccc5ccccc45)ccc23)cc1. The highest BCUT2D eigenvalue weighted by Crippen LogP contribution is 2.48. The van der Waals surface area contributed by atoms with Crippen LogP contribution in [0.2, 0.25) is 0 Å². The van der Waals surface area contributed by atoms with E-state index in [2.05, 4.69) is 586 Å². The molecule has 698 valence electrons. The van der Waals surface area contributed by atoms with Gasteiger partial charge in [0.05, 0.1) is 71.9 Å². The lowest BCUT2D eigenvalue weighted by Gasteiger charge is -2.13. The number of para-hydroxylation sites is 6. The Hall–Kier alpha value is -19.9. The first kappa shape index (κ1) is 85.6. The molecular weight excluding hydrogens is 1810 g/mol. The van der Waals surface area contributed by atoms with Gasteiger partial charge < -0.3 is 27.4 Å². The molecule has 0 aliphatic carbocycles. The van der Waals surface area contributed by atoms with Gasteiger partial charge in [-0.15, -0.1) is 0 Å². The van der Waals surface area contributed by atoms with Crippen LogP contribution in [0.4, 0.5) is 0 Å². The minimum Gasteiger partial charge on any atom is -0.309 e. The van der Waals surface area contributed by atoms with Crippen molar-refractivity contribution in [2.75, 3.05) is 0 Å². The normalized spacial score (nSPS) is 11.9. The minimum absolute atomic E-state index is 1.16. The van der Waals surface area contributed by atoms with Crippen LogP contribution >= 0.6 is 0 Å². The molecule has 0 spiro atoms. The molecule has 6 aromatic heterocycles. The van der Waals surface area contributed by atoms with Gasteiger partial charge in [0.25, 0.3) is 0 Å². The average molecular weight is 1910 g/mol. The smallest absolute Gasteiger partial charge is 0.0549 e. The zero-order valence-corrected chi connectivity index (χ0v) is 81.8. The first-order valence-electron chi connectivity index (χ1n) is 51.7. The van der Waals surface area contributed by atoms with Gasteiger partial charge in [-0.1, -0.05) is 406 Å². The van der Waals surface area contributed by atoms with Crippen LogP contribution in [0.25, 0.3) is 285 Å². The van der Waals surface area contributed by atoms with Crippen molar-refractivity contribution in [2.24, 2.45) is 0 Å². The summed E-state index contributed by atoms with van der Waals surface area (Å²) in [5.41, 5.74) is 34.0. The molecule has 6 heteroatoms. The number of hydrogen-bond acceptors (Lipinski definition) is 0. The lowest BCUT2D eigenvalue weighted by molar-refractivity contribution is 1.18. The molecule has 0 N–H and O–H groups in total. The van der Waals surface area contributed by atoms with Gasteiger partial charge in [0.2, 0.25) is 0 Å². The van der Waals surface area contributed by atoms with Crippen molar-refractivity contribution >= 4 is 195 Å². The van der Waals surface area contributed by atoms with E-state index >= 15 is 0 Å². The largest absolute Gasteiger partial charge is 0.309 e. The van der Waals surface area contributed by atoms with E-state index in [1.165, 1.54) is 262 Å². The fraction of sp³-hybridized carbons (Fsp3) is 0. The monoisotopic (exact) mass is 1900 g/mol. The molecule has 0 amide bonds.